The molecule has 2 aromatic carbocycles. The first kappa shape index (κ1) is 19.8. The molecule has 0 aliphatic heterocycles. The van der Waals surface area contributed by atoms with Crippen LogP contribution in [-0.4, -0.2) is 22.8 Å². The van der Waals surface area contributed by atoms with Crippen LogP contribution in [-0.2, 0) is 13.2 Å². The van der Waals surface area contributed by atoms with Crippen LogP contribution < -0.4 is 10.1 Å². The Balaban J connectivity index is 1.99. The fourth-order valence-electron chi connectivity index (χ4n) is 2.50. The highest BCUT2D eigenvalue weighted by Crippen LogP contribution is 2.38. The average molecular weight is 407 g/mol. The molecule has 1 amide bonds. The third-order valence-electron chi connectivity index (χ3n) is 3.80. The largest absolute Gasteiger partial charge is 0.497 e. The molecule has 0 aliphatic rings. The number of carbonyl (C=O) groups excluding carboxylic acids is 1. The number of aryl methyl sites for hydroxylation is 1. The van der Waals surface area contributed by atoms with E-state index in [1.807, 2.05) is 0 Å². The van der Waals surface area contributed by atoms with Crippen LogP contribution in [0.15, 0.2) is 64.5 Å². The maximum absolute atomic E-state index is 13.5. The van der Waals surface area contributed by atoms with Crippen LogP contribution >= 0.6 is 11.8 Å². The van der Waals surface area contributed by atoms with Crippen LogP contribution in [0, 0.1) is 0 Å². The zero-order valence-electron chi connectivity index (χ0n) is 14.9. The quantitative estimate of drug-likeness (QED) is 0.657. The van der Waals surface area contributed by atoms with Gasteiger partial charge < -0.3 is 10.1 Å². The molecule has 1 heterocycles. The molecule has 0 unspecified atom stereocenters. The number of hydrogen-bond donors (Lipinski definition) is 1. The van der Waals surface area contributed by atoms with E-state index >= 15 is 0 Å². The monoisotopic (exact) mass is 407 g/mol. The van der Waals surface area contributed by atoms with Crippen LogP contribution in [0.25, 0.3) is 0 Å². The molecule has 3 rings (SSSR count). The lowest BCUT2D eigenvalue weighted by atomic mass is 10.2. The SMILES string of the molecule is COc1ccc(NC(=O)c2c(C(F)(F)F)nn(C)c2Sc2ccccc2)cc1. The van der Waals surface area contributed by atoms with Gasteiger partial charge in [0.05, 0.1) is 7.11 Å². The summed E-state index contributed by atoms with van der Waals surface area (Å²) in [5.41, 5.74) is -1.39. The van der Waals surface area contributed by atoms with Crippen molar-refractivity contribution in [3.05, 3.63) is 65.9 Å². The summed E-state index contributed by atoms with van der Waals surface area (Å²) in [6.45, 7) is 0. The standard InChI is InChI=1S/C19H16F3N3O2S/c1-25-18(28-14-6-4-3-5-7-14)15(16(24-25)19(20,21)22)17(26)23-12-8-10-13(27-2)11-9-12/h3-11H,1-2H3,(H,23,26). The van der Waals surface area contributed by atoms with E-state index in [9.17, 15) is 18.0 Å². The molecular weight excluding hydrogens is 391 g/mol. The van der Waals surface area contributed by atoms with Crippen molar-refractivity contribution in [2.24, 2.45) is 7.05 Å². The van der Waals surface area contributed by atoms with Gasteiger partial charge in [-0.05, 0) is 36.4 Å². The number of nitrogens with zero attached hydrogens (tertiary/aromatic N) is 2. The van der Waals surface area contributed by atoms with Crippen LogP contribution in [0.3, 0.4) is 0 Å². The van der Waals surface area contributed by atoms with Crippen LogP contribution in [0.2, 0.25) is 0 Å². The maximum atomic E-state index is 13.5. The van der Waals surface area contributed by atoms with Gasteiger partial charge in [0.1, 0.15) is 16.3 Å². The maximum Gasteiger partial charge on any atom is 0.436 e. The molecule has 0 fully saturated rings. The summed E-state index contributed by atoms with van der Waals surface area (Å²) < 4.78 is 46.6. The minimum atomic E-state index is -4.76. The van der Waals surface area contributed by atoms with E-state index < -0.39 is 23.3 Å². The first-order valence-corrected chi connectivity index (χ1v) is 8.93. The number of anilines is 1. The number of benzene rings is 2. The lowest BCUT2D eigenvalue weighted by Gasteiger charge is -2.10. The molecule has 3 aromatic rings. The zero-order valence-corrected chi connectivity index (χ0v) is 15.8. The molecule has 5 nitrogen and oxygen atoms in total. The molecule has 0 atom stereocenters. The first-order chi connectivity index (χ1) is 13.3. The Kier molecular flexibility index (Phi) is 5.64. The summed E-state index contributed by atoms with van der Waals surface area (Å²) in [6, 6.07) is 15.1. The van der Waals surface area contributed by atoms with E-state index in [0.717, 1.165) is 16.4 Å². The summed E-state index contributed by atoms with van der Waals surface area (Å²) in [7, 11) is 2.87. The van der Waals surface area contributed by atoms with E-state index in [0.29, 0.717) is 16.3 Å². The molecule has 28 heavy (non-hydrogen) atoms. The van der Waals surface area contributed by atoms with E-state index in [4.69, 9.17) is 4.74 Å². The average Bonchev–Trinajstić information content (AvgIpc) is 3.00. The number of amides is 1. The number of ether oxygens (including phenoxy) is 1. The highest BCUT2D eigenvalue weighted by molar-refractivity contribution is 7.99. The lowest BCUT2D eigenvalue weighted by Crippen LogP contribution is -2.18. The minimum Gasteiger partial charge on any atom is -0.497 e. The van der Waals surface area contributed by atoms with Crippen LogP contribution in [0.5, 0.6) is 5.75 Å². The molecule has 146 valence electrons. The lowest BCUT2D eigenvalue weighted by molar-refractivity contribution is -0.141. The van der Waals surface area contributed by atoms with E-state index in [1.54, 1.807) is 54.6 Å². The Hall–Kier alpha value is -2.94. The van der Waals surface area contributed by atoms with Gasteiger partial charge in [0.15, 0.2) is 5.69 Å². The van der Waals surface area contributed by atoms with Crippen molar-refractivity contribution in [3.63, 3.8) is 0 Å². The summed E-state index contributed by atoms with van der Waals surface area (Å²) in [6.07, 6.45) is -4.76. The smallest absolute Gasteiger partial charge is 0.436 e. The fraction of sp³-hybridized carbons (Fsp3) is 0.158. The predicted molar refractivity (Wildman–Crippen MR) is 99.7 cm³/mol. The van der Waals surface area contributed by atoms with Gasteiger partial charge in [-0.15, -0.1) is 0 Å². The van der Waals surface area contributed by atoms with Gasteiger partial charge >= 0.3 is 6.18 Å². The highest BCUT2D eigenvalue weighted by Gasteiger charge is 2.41. The van der Waals surface area contributed by atoms with Crippen LogP contribution in [0.4, 0.5) is 18.9 Å². The van der Waals surface area contributed by atoms with Crippen molar-refractivity contribution in [1.29, 1.82) is 0 Å². The number of rotatable bonds is 5. The van der Waals surface area contributed by atoms with Gasteiger partial charge in [-0.25, -0.2) is 0 Å². The first-order valence-electron chi connectivity index (χ1n) is 8.12. The molecule has 0 spiro atoms. The van der Waals surface area contributed by atoms with Crippen molar-refractivity contribution in [2.75, 3.05) is 12.4 Å². The molecule has 1 aromatic heterocycles. The molecule has 0 saturated carbocycles. The van der Waals surface area contributed by atoms with E-state index in [-0.39, 0.29) is 5.03 Å². The fourth-order valence-corrected chi connectivity index (χ4v) is 3.48. The zero-order chi connectivity index (χ0) is 20.3. The number of alkyl halides is 3. The second-order valence-corrected chi connectivity index (χ2v) is 6.81. The molecule has 0 bridgehead atoms. The topological polar surface area (TPSA) is 56.1 Å². The van der Waals surface area contributed by atoms with Gasteiger partial charge in [-0.1, -0.05) is 30.0 Å². The molecule has 9 heteroatoms. The van der Waals surface area contributed by atoms with Crippen molar-refractivity contribution in [2.45, 2.75) is 16.1 Å². The van der Waals surface area contributed by atoms with Crippen molar-refractivity contribution < 1.29 is 22.7 Å². The Bertz CT molecular complexity index is 971. The molecule has 0 radical (unpaired) electrons. The van der Waals surface area contributed by atoms with Crippen molar-refractivity contribution >= 4 is 23.4 Å². The number of aromatic nitrogens is 2. The van der Waals surface area contributed by atoms with Gasteiger partial charge in [0.2, 0.25) is 0 Å². The Morgan fingerprint density at radius 1 is 1.11 bits per heavy atom. The van der Waals surface area contributed by atoms with E-state index in [2.05, 4.69) is 10.4 Å². The number of nitrogens with one attached hydrogen (secondary N) is 1. The number of carbonyl (C=O) groups is 1. The van der Waals surface area contributed by atoms with Crippen LogP contribution in [0.1, 0.15) is 16.1 Å². The number of methoxy groups -OCH3 is 1. The van der Waals surface area contributed by atoms with Gasteiger partial charge in [-0.3, -0.25) is 9.48 Å². The Labute approximate surface area is 163 Å². The summed E-state index contributed by atoms with van der Waals surface area (Å²) in [5.74, 6) is -0.320. The van der Waals surface area contributed by atoms with Gasteiger partial charge in [0.25, 0.3) is 5.91 Å². The minimum absolute atomic E-state index is 0.101. The van der Waals surface area contributed by atoms with Crippen molar-refractivity contribution in [3.8, 4) is 5.75 Å². The number of hydrogen-bond acceptors (Lipinski definition) is 4. The molecule has 0 aliphatic carbocycles. The summed E-state index contributed by atoms with van der Waals surface area (Å²) in [4.78, 5) is 13.4. The van der Waals surface area contributed by atoms with Gasteiger partial charge in [0, 0.05) is 17.6 Å². The van der Waals surface area contributed by atoms with Gasteiger partial charge in [-0.2, -0.15) is 18.3 Å². The Morgan fingerprint density at radius 2 is 1.75 bits per heavy atom. The normalized spacial score (nSPS) is 11.3. The van der Waals surface area contributed by atoms with E-state index in [1.165, 1.54) is 14.2 Å². The third-order valence-corrected chi connectivity index (χ3v) is 4.97. The highest BCUT2D eigenvalue weighted by atomic mass is 32.2. The van der Waals surface area contributed by atoms with Crippen molar-refractivity contribution in [1.82, 2.24) is 9.78 Å². The molecule has 1 N–H and O–H groups in total. The summed E-state index contributed by atoms with van der Waals surface area (Å²) in [5, 5.41) is 6.16. The molecule has 0 saturated heterocycles. The second-order valence-electron chi connectivity index (χ2n) is 5.75. The Morgan fingerprint density at radius 3 is 2.32 bits per heavy atom. The predicted octanol–water partition coefficient (Wildman–Crippen LogP) is 4.85. The molecular formula is C19H16F3N3O2S. The third kappa shape index (κ3) is 4.30. The summed E-state index contributed by atoms with van der Waals surface area (Å²) >= 11 is 1.04. The second kappa shape index (κ2) is 7.97. The number of halogens is 3.